The lowest BCUT2D eigenvalue weighted by atomic mass is 10.2. The van der Waals surface area contributed by atoms with Crippen LogP contribution < -0.4 is 10.9 Å². The Labute approximate surface area is 139 Å². The molecular formula is C16H10ClF2N3O2. The number of nitrogens with zero attached hydrogens (tertiary/aromatic N) is 2. The van der Waals surface area contributed by atoms with Crippen molar-refractivity contribution in [3.63, 3.8) is 0 Å². The lowest BCUT2D eigenvalue weighted by Gasteiger charge is -2.09. The molecule has 1 aromatic heterocycles. The third-order valence-electron chi connectivity index (χ3n) is 3.33. The van der Waals surface area contributed by atoms with E-state index in [1.165, 1.54) is 36.7 Å². The Kier molecular flexibility index (Phi) is 4.26. The van der Waals surface area contributed by atoms with Crippen LogP contribution in [0.4, 0.5) is 14.5 Å². The van der Waals surface area contributed by atoms with Gasteiger partial charge >= 0.3 is 0 Å². The summed E-state index contributed by atoms with van der Waals surface area (Å²) in [5.41, 5.74) is -0.347. The van der Waals surface area contributed by atoms with Crippen LogP contribution in [0.25, 0.3) is 10.9 Å². The number of halogens is 3. The largest absolute Gasteiger partial charge is 0.322 e. The first-order valence-electron chi connectivity index (χ1n) is 6.84. The predicted octanol–water partition coefficient (Wildman–Crippen LogP) is 2.97. The van der Waals surface area contributed by atoms with E-state index in [1.807, 2.05) is 0 Å². The Bertz CT molecular complexity index is 1000. The molecule has 1 N–H and O–H groups in total. The van der Waals surface area contributed by atoms with Crippen molar-refractivity contribution >= 4 is 34.1 Å². The van der Waals surface area contributed by atoms with Crippen molar-refractivity contribution in [3.05, 3.63) is 69.7 Å². The Morgan fingerprint density at radius 2 is 2.04 bits per heavy atom. The number of benzene rings is 2. The number of amides is 1. The van der Waals surface area contributed by atoms with Crippen LogP contribution in [0.15, 0.2) is 47.5 Å². The Morgan fingerprint density at radius 1 is 1.25 bits per heavy atom. The van der Waals surface area contributed by atoms with Crippen molar-refractivity contribution in [2.24, 2.45) is 0 Å². The maximum absolute atomic E-state index is 13.8. The normalized spacial score (nSPS) is 10.8. The minimum atomic E-state index is -0.765. The van der Waals surface area contributed by atoms with Gasteiger partial charge in [-0.25, -0.2) is 13.8 Å². The number of nitrogens with one attached hydrogen (secondary N) is 1. The van der Waals surface area contributed by atoms with Crippen LogP contribution in [0, 0.1) is 11.6 Å². The van der Waals surface area contributed by atoms with Gasteiger partial charge in [0.2, 0.25) is 5.91 Å². The second-order valence-electron chi connectivity index (χ2n) is 4.99. The highest BCUT2D eigenvalue weighted by Gasteiger charge is 2.12. The van der Waals surface area contributed by atoms with Crippen molar-refractivity contribution in [2.75, 3.05) is 5.32 Å². The monoisotopic (exact) mass is 349 g/mol. The molecule has 2 aromatic carbocycles. The van der Waals surface area contributed by atoms with Crippen molar-refractivity contribution in [1.82, 2.24) is 9.55 Å². The Balaban J connectivity index is 1.87. The zero-order valence-corrected chi connectivity index (χ0v) is 12.8. The van der Waals surface area contributed by atoms with E-state index in [2.05, 4.69) is 10.3 Å². The summed E-state index contributed by atoms with van der Waals surface area (Å²) in [6, 6.07) is 7.78. The summed E-state index contributed by atoms with van der Waals surface area (Å²) in [5.74, 6) is -1.99. The lowest BCUT2D eigenvalue weighted by Crippen LogP contribution is -2.28. The van der Waals surface area contributed by atoms with Gasteiger partial charge < -0.3 is 5.32 Å². The molecule has 0 aliphatic carbocycles. The molecule has 0 aliphatic rings. The van der Waals surface area contributed by atoms with Gasteiger partial charge in [0.1, 0.15) is 12.4 Å². The fraction of sp³-hybridized carbons (Fsp3) is 0.0625. The van der Waals surface area contributed by atoms with Gasteiger partial charge in [0, 0.05) is 0 Å². The number of rotatable bonds is 3. The smallest absolute Gasteiger partial charge is 0.261 e. The topological polar surface area (TPSA) is 64.0 Å². The molecule has 0 saturated heterocycles. The van der Waals surface area contributed by atoms with E-state index in [0.29, 0.717) is 5.52 Å². The van der Waals surface area contributed by atoms with Crippen molar-refractivity contribution < 1.29 is 13.6 Å². The summed E-state index contributed by atoms with van der Waals surface area (Å²) in [4.78, 5) is 28.3. The van der Waals surface area contributed by atoms with Crippen molar-refractivity contribution in [2.45, 2.75) is 6.54 Å². The summed E-state index contributed by atoms with van der Waals surface area (Å²) >= 11 is 5.64. The molecule has 0 unspecified atom stereocenters. The fourth-order valence-electron chi connectivity index (χ4n) is 2.19. The molecule has 0 saturated carbocycles. The van der Waals surface area contributed by atoms with E-state index in [-0.39, 0.29) is 16.1 Å². The molecule has 3 aromatic rings. The first kappa shape index (κ1) is 16.1. The van der Waals surface area contributed by atoms with Gasteiger partial charge in [-0.1, -0.05) is 17.7 Å². The summed E-state index contributed by atoms with van der Waals surface area (Å²) in [7, 11) is 0. The van der Waals surface area contributed by atoms with E-state index in [9.17, 15) is 18.4 Å². The van der Waals surface area contributed by atoms with E-state index in [4.69, 9.17) is 11.6 Å². The van der Waals surface area contributed by atoms with E-state index in [0.717, 1.165) is 10.6 Å². The predicted molar refractivity (Wildman–Crippen MR) is 86.0 cm³/mol. The molecule has 24 heavy (non-hydrogen) atoms. The average molecular weight is 350 g/mol. The molecule has 5 nitrogen and oxygen atoms in total. The van der Waals surface area contributed by atoms with Gasteiger partial charge in [0.15, 0.2) is 5.82 Å². The fourth-order valence-corrected chi connectivity index (χ4v) is 2.36. The average Bonchev–Trinajstić information content (AvgIpc) is 2.55. The number of carbonyl (C=O) groups excluding carboxylic acids is 1. The van der Waals surface area contributed by atoms with Gasteiger partial charge in [0.05, 0.1) is 27.9 Å². The molecule has 0 spiro atoms. The van der Waals surface area contributed by atoms with E-state index < -0.39 is 29.6 Å². The molecule has 0 atom stereocenters. The number of anilines is 1. The SMILES string of the molecule is O=C(Cn1cnc2ccc(F)cc2c1=O)Nc1cccc(Cl)c1F. The summed E-state index contributed by atoms with van der Waals surface area (Å²) in [5, 5.41) is 2.25. The van der Waals surface area contributed by atoms with Crippen molar-refractivity contribution in [1.29, 1.82) is 0 Å². The molecule has 0 bridgehead atoms. The number of aromatic nitrogens is 2. The minimum Gasteiger partial charge on any atom is -0.322 e. The molecule has 1 heterocycles. The molecule has 8 heteroatoms. The molecule has 3 rings (SSSR count). The first-order chi connectivity index (χ1) is 11.5. The first-order valence-corrected chi connectivity index (χ1v) is 7.22. The Hall–Kier alpha value is -2.80. The minimum absolute atomic E-state index is 0.0548. The highest BCUT2D eigenvalue weighted by Crippen LogP contribution is 2.21. The Morgan fingerprint density at radius 3 is 2.83 bits per heavy atom. The van der Waals surface area contributed by atoms with Crippen LogP contribution in [-0.2, 0) is 11.3 Å². The second kappa shape index (κ2) is 6.37. The number of hydrogen-bond acceptors (Lipinski definition) is 3. The molecule has 122 valence electrons. The molecule has 0 aliphatic heterocycles. The third kappa shape index (κ3) is 3.11. The van der Waals surface area contributed by atoms with E-state index >= 15 is 0 Å². The van der Waals surface area contributed by atoms with Crippen LogP contribution in [0.3, 0.4) is 0 Å². The van der Waals surface area contributed by atoms with Gasteiger partial charge in [-0.05, 0) is 30.3 Å². The molecule has 0 radical (unpaired) electrons. The summed E-state index contributed by atoms with van der Waals surface area (Å²) < 4.78 is 28.0. The maximum atomic E-state index is 13.8. The lowest BCUT2D eigenvalue weighted by molar-refractivity contribution is -0.116. The highest BCUT2D eigenvalue weighted by atomic mass is 35.5. The standard InChI is InChI=1S/C16H10ClF2N3O2/c17-11-2-1-3-13(15(11)19)21-14(23)7-22-8-20-12-5-4-9(18)6-10(12)16(22)24/h1-6,8H,7H2,(H,21,23). The van der Waals surface area contributed by atoms with Crippen LogP contribution in [-0.4, -0.2) is 15.5 Å². The third-order valence-corrected chi connectivity index (χ3v) is 3.62. The second-order valence-corrected chi connectivity index (χ2v) is 5.40. The van der Waals surface area contributed by atoms with E-state index in [1.54, 1.807) is 0 Å². The van der Waals surface area contributed by atoms with Crippen LogP contribution in [0.5, 0.6) is 0 Å². The molecule has 1 amide bonds. The van der Waals surface area contributed by atoms with Crippen LogP contribution >= 0.6 is 11.6 Å². The van der Waals surface area contributed by atoms with Gasteiger partial charge in [-0.2, -0.15) is 0 Å². The maximum Gasteiger partial charge on any atom is 0.261 e. The van der Waals surface area contributed by atoms with Gasteiger partial charge in [-0.15, -0.1) is 0 Å². The molecular weight excluding hydrogens is 340 g/mol. The zero-order chi connectivity index (χ0) is 17.3. The number of hydrogen-bond donors (Lipinski definition) is 1. The van der Waals surface area contributed by atoms with Crippen LogP contribution in [0.2, 0.25) is 5.02 Å². The molecule has 0 fully saturated rings. The summed E-state index contributed by atoms with van der Waals surface area (Å²) in [6.45, 7) is -0.399. The van der Waals surface area contributed by atoms with Gasteiger partial charge in [-0.3, -0.25) is 14.2 Å². The highest BCUT2D eigenvalue weighted by molar-refractivity contribution is 6.31. The number of fused-ring (bicyclic) bond motifs is 1. The van der Waals surface area contributed by atoms with Crippen LogP contribution in [0.1, 0.15) is 0 Å². The zero-order valence-electron chi connectivity index (χ0n) is 12.1. The quantitative estimate of drug-likeness (QED) is 0.790. The van der Waals surface area contributed by atoms with Gasteiger partial charge in [0.25, 0.3) is 5.56 Å². The summed E-state index contributed by atoms with van der Waals surface area (Å²) in [6.07, 6.45) is 1.18. The number of carbonyl (C=O) groups is 1. The van der Waals surface area contributed by atoms with Crippen molar-refractivity contribution in [3.8, 4) is 0 Å².